The number of aromatic nitrogens is 1. The molecule has 0 amide bonds. The summed E-state index contributed by atoms with van der Waals surface area (Å²) in [4.78, 5) is 6.94. The number of aryl methyl sites for hydroxylation is 1. The summed E-state index contributed by atoms with van der Waals surface area (Å²) in [6, 6.07) is 12.8. The first-order valence-corrected chi connectivity index (χ1v) is 13.5. The number of rotatable bonds is 10. The number of pyridine rings is 1. The third kappa shape index (κ3) is 9.18. The van der Waals surface area contributed by atoms with Crippen LogP contribution < -0.4 is 46.3 Å². The Labute approximate surface area is 258 Å². The largest absolute Gasteiger partial charge is 1.00 e. The first kappa shape index (κ1) is 32.5. The Morgan fingerprint density at radius 3 is 2.54 bits per heavy atom. The van der Waals surface area contributed by atoms with E-state index in [0.717, 1.165) is 67.8 Å². The Morgan fingerprint density at radius 2 is 1.95 bits per heavy atom. The maximum atomic E-state index is 5.92. The zero-order valence-electron chi connectivity index (χ0n) is 24.1. The number of likely N-dealkylation sites (tertiary alicyclic amines) is 1. The van der Waals surface area contributed by atoms with Crippen molar-refractivity contribution in [2.45, 2.75) is 51.5 Å². The fourth-order valence-electron chi connectivity index (χ4n) is 5.06. The summed E-state index contributed by atoms with van der Waals surface area (Å²) in [5, 5.41) is 3.18. The zero-order chi connectivity index (χ0) is 27.5. The molecular weight excluding hydrogens is 489 g/mol. The van der Waals surface area contributed by atoms with Gasteiger partial charge in [0, 0.05) is 19.3 Å². The number of anilines is 1. The van der Waals surface area contributed by atoms with E-state index in [-0.39, 0.29) is 41.0 Å². The van der Waals surface area contributed by atoms with Crippen molar-refractivity contribution in [1.82, 2.24) is 9.88 Å². The van der Waals surface area contributed by atoms with E-state index in [9.17, 15) is 0 Å². The number of hydrogen-bond acceptors (Lipinski definition) is 5. The molecule has 4 rings (SSSR count). The molecule has 2 unspecified atom stereocenters. The third-order valence-electron chi connectivity index (χ3n) is 7.27. The van der Waals surface area contributed by atoms with Gasteiger partial charge in [0.05, 0.1) is 17.4 Å². The smallest absolute Gasteiger partial charge is 0.401 e. The van der Waals surface area contributed by atoms with Crippen LogP contribution in [0.5, 0.6) is 0 Å². The number of benzene rings is 1. The van der Waals surface area contributed by atoms with Crippen molar-refractivity contribution in [3.8, 4) is 0 Å². The second kappa shape index (κ2) is 15.8. The van der Waals surface area contributed by atoms with Crippen LogP contribution in [0.1, 0.15) is 55.0 Å². The van der Waals surface area contributed by atoms with Gasteiger partial charge in [-0.15, -0.1) is 25.3 Å². The quantitative estimate of drug-likeness (QED) is 0.248. The van der Waals surface area contributed by atoms with Crippen LogP contribution >= 0.6 is 0 Å². The van der Waals surface area contributed by atoms with Crippen molar-refractivity contribution >= 4 is 11.5 Å². The van der Waals surface area contributed by atoms with Gasteiger partial charge in [-0.05, 0) is 55.6 Å². The van der Waals surface area contributed by atoms with Gasteiger partial charge in [-0.25, -0.2) is 4.98 Å². The van der Waals surface area contributed by atoms with E-state index < -0.39 is 0 Å². The molecule has 202 valence electrons. The summed E-state index contributed by atoms with van der Waals surface area (Å²) >= 11 is 0. The molecule has 0 spiro atoms. The molecular formula is C33H44N5Na. The SMILES string of the molecule is C=CCCc1ccc(C(=C)N2CCCC2C(=C)N)nc1NC.CC1(Cc2ccc([CH-]N)cc2)C=CC=CC1.[Na+]. The Hall–Kier alpha value is -2.70. The van der Waals surface area contributed by atoms with Crippen molar-refractivity contribution in [2.75, 3.05) is 18.9 Å². The van der Waals surface area contributed by atoms with Gasteiger partial charge >= 0.3 is 29.6 Å². The predicted octanol–water partition coefficient (Wildman–Crippen LogP) is 3.37. The minimum absolute atomic E-state index is 0. The van der Waals surface area contributed by atoms with E-state index in [4.69, 9.17) is 16.5 Å². The summed E-state index contributed by atoms with van der Waals surface area (Å²) in [6.45, 7) is 16.8. The minimum Gasteiger partial charge on any atom is -0.401 e. The Balaban J connectivity index is 0.000000279. The molecule has 2 atom stereocenters. The molecule has 2 aliphatic rings. The summed E-state index contributed by atoms with van der Waals surface area (Å²) < 4.78 is 0. The van der Waals surface area contributed by atoms with Crippen LogP contribution in [0.3, 0.4) is 0 Å². The van der Waals surface area contributed by atoms with E-state index in [1.165, 1.54) is 11.1 Å². The van der Waals surface area contributed by atoms with Gasteiger partial charge in [-0.2, -0.15) is 17.7 Å². The Morgan fingerprint density at radius 1 is 1.21 bits per heavy atom. The van der Waals surface area contributed by atoms with E-state index in [0.29, 0.717) is 5.70 Å². The number of allylic oxidation sites excluding steroid dienone is 5. The number of nitrogens with two attached hydrogens (primary N) is 2. The third-order valence-corrected chi connectivity index (χ3v) is 7.27. The maximum absolute atomic E-state index is 5.92. The number of nitrogens with zero attached hydrogens (tertiary/aromatic N) is 2. The van der Waals surface area contributed by atoms with E-state index >= 15 is 0 Å². The van der Waals surface area contributed by atoms with Gasteiger partial charge in [0.15, 0.2) is 0 Å². The number of hydrogen-bond donors (Lipinski definition) is 3. The van der Waals surface area contributed by atoms with Crippen molar-refractivity contribution in [3.05, 3.63) is 121 Å². The second-order valence-corrected chi connectivity index (χ2v) is 10.4. The van der Waals surface area contributed by atoms with Crippen molar-refractivity contribution < 1.29 is 29.6 Å². The molecule has 5 nitrogen and oxygen atoms in total. The molecule has 2 heterocycles. The fourth-order valence-corrected chi connectivity index (χ4v) is 5.06. The summed E-state index contributed by atoms with van der Waals surface area (Å²) in [5.74, 6) is 0.905. The van der Waals surface area contributed by atoms with Crippen LogP contribution in [0.4, 0.5) is 5.82 Å². The first-order chi connectivity index (χ1) is 18.3. The molecule has 0 bridgehead atoms. The van der Waals surface area contributed by atoms with Crippen LogP contribution in [0.2, 0.25) is 0 Å². The molecule has 1 fully saturated rings. The van der Waals surface area contributed by atoms with E-state index in [2.05, 4.69) is 91.5 Å². The monoisotopic (exact) mass is 533 g/mol. The van der Waals surface area contributed by atoms with Gasteiger partial charge in [-0.1, -0.05) is 62.1 Å². The molecule has 39 heavy (non-hydrogen) atoms. The fraction of sp³-hybridized carbons (Fsp3) is 0.333. The van der Waals surface area contributed by atoms with Gasteiger partial charge < -0.3 is 21.7 Å². The number of nitrogens with one attached hydrogen (secondary N) is 1. The summed E-state index contributed by atoms with van der Waals surface area (Å²) in [5.41, 5.74) is 17.8. The minimum atomic E-state index is 0. The molecule has 0 radical (unpaired) electrons. The van der Waals surface area contributed by atoms with Crippen LogP contribution in [-0.4, -0.2) is 29.5 Å². The van der Waals surface area contributed by atoms with Crippen molar-refractivity contribution in [3.63, 3.8) is 0 Å². The predicted molar refractivity (Wildman–Crippen MR) is 163 cm³/mol. The molecule has 1 aromatic carbocycles. The topological polar surface area (TPSA) is 80.2 Å². The zero-order valence-corrected chi connectivity index (χ0v) is 26.1. The molecule has 1 aliphatic carbocycles. The maximum Gasteiger partial charge on any atom is 1.00 e. The molecule has 1 aromatic heterocycles. The van der Waals surface area contributed by atoms with Crippen LogP contribution in [0, 0.1) is 12.0 Å². The van der Waals surface area contributed by atoms with Gasteiger partial charge in [0.2, 0.25) is 0 Å². The van der Waals surface area contributed by atoms with Crippen LogP contribution in [0.15, 0.2) is 92.2 Å². The molecule has 2 aromatic rings. The van der Waals surface area contributed by atoms with Gasteiger partial charge in [-0.3, -0.25) is 0 Å². The second-order valence-electron chi connectivity index (χ2n) is 10.4. The van der Waals surface area contributed by atoms with Crippen molar-refractivity contribution in [1.29, 1.82) is 0 Å². The van der Waals surface area contributed by atoms with Gasteiger partial charge in [0.25, 0.3) is 0 Å². The molecule has 5 N–H and O–H groups in total. The summed E-state index contributed by atoms with van der Waals surface area (Å²) in [6.07, 6.45) is 16.9. The molecule has 6 heteroatoms. The average molecular weight is 534 g/mol. The van der Waals surface area contributed by atoms with E-state index in [1.54, 1.807) is 6.54 Å². The van der Waals surface area contributed by atoms with Gasteiger partial charge in [0.1, 0.15) is 5.82 Å². The summed E-state index contributed by atoms with van der Waals surface area (Å²) in [7, 11) is 1.90. The van der Waals surface area contributed by atoms with E-state index in [1.807, 2.05) is 19.2 Å². The molecule has 1 saturated heterocycles. The standard InChI is InChI=1S/C18H26N4.C15H18N.Na/c1-5-6-8-15-10-11-16(21-18(15)20-4)14(3)22-12-7-9-17(22)13(2)19;1-15(9-3-2-4-10-15)11-13-5-7-14(12-16)8-6-13;/h5,10-11,17H,1-3,6-9,12,19H2,4H3,(H,20,21);2-9,12H,10-11,16H2,1H3;/q;-1;+1. The Kier molecular flexibility index (Phi) is 13.2. The van der Waals surface area contributed by atoms with Crippen molar-refractivity contribution in [2.24, 2.45) is 16.9 Å². The first-order valence-electron chi connectivity index (χ1n) is 13.5. The van der Waals surface area contributed by atoms with Crippen LogP contribution in [-0.2, 0) is 12.8 Å². The van der Waals surface area contributed by atoms with Crippen LogP contribution in [0.25, 0.3) is 5.70 Å². The normalized spacial score (nSPS) is 19.4. The molecule has 0 saturated carbocycles. The Bertz CT molecular complexity index is 1170. The molecule has 1 aliphatic heterocycles. The average Bonchev–Trinajstić information content (AvgIpc) is 3.43.